The number of hydrogen-bond donors (Lipinski definition) is 2. The summed E-state index contributed by atoms with van der Waals surface area (Å²) in [6.07, 6.45) is 17.5. The number of nitrogens with one attached hydrogen (secondary N) is 2. The summed E-state index contributed by atoms with van der Waals surface area (Å²) in [5, 5.41) is 23.4. The molecule has 0 unspecified atom stereocenters. The Morgan fingerprint density at radius 1 is 0.865 bits per heavy atom. The first-order chi connectivity index (χ1) is 16.6. The third kappa shape index (κ3) is 41.0. The van der Waals surface area contributed by atoms with E-state index in [9.17, 15) is 9.59 Å². The van der Waals surface area contributed by atoms with Crippen molar-refractivity contribution in [2.75, 3.05) is 14.1 Å². The van der Waals surface area contributed by atoms with E-state index in [2.05, 4.69) is 31.1 Å². The fourth-order valence-corrected chi connectivity index (χ4v) is 3.64. The summed E-state index contributed by atoms with van der Waals surface area (Å²) in [5.74, 6) is -0.329. The SMILES string of the molecule is C.C.C=CC(=O)[O-].CC(=O)[O-].CCCCC(CCCC)CCC(=O)NC.CNC(=O)CCC1CCCC1. The van der Waals surface area contributed by atoms with Gasteiger partial charge in [-0.25, -0.2) is 0 Å². The highest BCUT2D eigenvalue weighted by Gasteiger charge is 2.15. The topological polar surface area (TPSA) is 138 Å². The van der Waals surface area contributed by atoms with E-state index in [0.29, 0.717) is 6.42 Å². The molecule has 0 atom stereocenters. The summed E-state index contributed by atoms with van der Waals surface area (Å²) in [6, 6.07) is 0. The molecule has 2 N–H and O–H groups in total. The second-order valence-corrected chi connectivity index (χ2v) is 8.74. The lowest BCUT2D eigenvalue weighted by atomic mass is 9.91. The average Bonchev–Trinajstić information content (AvgIpc) is 3.36. The van der Waals surface area contributed by atoms with Gasteiger partial charge in [-0.15, -0.1) is 0 Å². The number of rotatable bonds is 13. The summed E-state index contributed by atoms with van der Waals surface area (Å²) in [5.41, 5.74) is 0. The molecule has 1 saturated carbocycles. The number of carbonyl (C=O) groups is 4. The number of amides is 2. The van der Waals surface area contributed by atoms with Crippen molar-refractivity contribution < 1.29 is 29.4 Å². The van der Waals surface area contributed by atoms with Crippen LogP contribution in [0.4, 0.5) is 0 Å². The highest BCUT2D eigenvalue weighted by atomic mass is 16.4. The van der Waals surface area contributed by atoms with Crippen molar-refractivity contribution in [1.29, 1.82) is 0 Å². The summed E-state index contributed by atoms with van der Waals surface area (Å²) < 4.78 is 0. The van der Waals surface area contributed by atoms with Gasteiger partial charge in [0.2, 0.25) is 11.8 Å². The molecule has 0 saturated heterocycles. The molecule has 8 heteroatoms. The molecule has 0 spiro atoms. The standard InChI is InChI=1S/C13H27NO.C9H17NO.C3H4O2.C2H4O2.2CH4/c1-4-6-8-12(9-7-5-2)10-11-13(15)14-3;1-10-9(11)7-6-8-4-2-3-5-8;1-2-3(4)5;1-2(3)4;;/h12H,4-11H2,1-3H3,(H,14,15);8H,2-7H2,1H3,(H,10,11);2H,1H2,(H,4,5);1H3,(H,3,4);2*1H4/p-2. The lowest BCUT2D eigenvalue weighted by Crippen LogP contribution is -2.18. The zero-order chi connectivity index (χ0) is 27.5. The van der Waals surface area contributed by atoms with Crippen LogP contribution in [0.15, 0.2) is 12.7 Å². The smallest absolute Gasteiger partial charge is 0.219 e. The Morgan fingerprint density at radius 2 is 1.24 bits per heavy atom. The van der Waals surface area contributed by atoms with Gasteiger partial charge in [-0.1, -0.05) is 99.5 Å². The van der Waals surface area contributed by atoms with Gasteiger partial charge < -0.3 is 30.4 Å². The second-order valence-electron chi connectivity index (χ2n) is 8.74. The van der Waals surface area contributed by atoms with E-state index < -0.39 is 11.9 Å². The molecule has 1 rings (SSSR count). The molecule has 1 aliphatic rings. The van der Waals surface area contributed by atoms with Crippen molar-refractivity contribution in [3.8, 4) is 0 Å². The van der Waals surface area contributed by atoms with Crippen LogP contribution in [-0.2, 0) is 19.2 Å². The van der Waals surface area contributed by atoms with Gasteiger partial charge in [0.1, 0.15) is 0 Å². The fraction of sp³-hybridized carbons (Fsp3) is 0.793. The van der Waals surface area contributed by atoms with Crippen LogP contribution in [0.5, 0.6) is 0 Å². The van der Waals surface area contributed by atoms with Crippen LogP contribution in [0.3, 0.4) is 0 Å². The molecule has 37 heavy (non-hydrogen) atoms. The molecule has 0 aliphatic heterocycles. The zero-order valence-corrected chi connectivity index (χ0v) is 22.8. The van der Waals surface area contributed by atoms with Crippen molar-refractivity contribution in [2.45, 2.75) is 126 Å². The van der Waals surface area contributed by atoms with Gasteiger partial charge in [0.15, 0.2) is 0 Å². The Hall–Kier alpha value is -2.38. The maximum atomic E-state index is 11.2. The van der Waals surface area contributed by atoms with Gasteiger partial charge in [0, 0.05) is 32.9 Å². The van der Waals surface area contributed by atoms with Gasteiger partial charge in [0.25, 0.3) is 0 Å². The van der Waals surface area contributed by atoms with Crippen LogP contribution >= 0.6 is 0 Å². The Labute approximate surface area is 228 Å². The van der Waals surface area contributed by atoms with Crippen molar-refractivity contribution in [2.24, 2.45) is 11.8 Å². The van der Waals surface area contributed by atoms with E-state index in [0.717, 1.165) is 44.1 Å². The maximum absolute atomic E-state index is 11.2. The molecular weight excluding hydrogens is 472 g/mol. The van der Waals surface area contributed by atoms with Crippen molar-refractivity contribution in [3.63, 3.8) is 0 Å². The van der Waals surface area contributed by atoms with Gasteiger partial charge in [-0.05, 0) is 37.7 Å². The summed E-state index contributed by atoms with van der Waals surface area (Å²) in [6.45, 7) is 8.33. The molecule has 8 nitrogen and oxygen atoms in total. The van der Waals surface area contributed by atoms with E-state index in [1.165, 1.54) is 64.2 Å². The number of carboxylic acids is 2. The van der Waals surface area contributed by atoms with Crippen LogP contribution in [-0.4, -0.2) is 37.8 Å². The Kier molecular flexibility index (Phi) is 40.5. The van der Waals surface area contributed by atoms with Crippen LogP contribution in [0.2, 0.25) is 0 Å². The number of carbonyl (C=O) groups excluding carboxylic acids is 4. The third-order valence-electron chi connectivity index (χ3n) is 5.69. The number of unbranched alkanes of at least 4 members (excludes halogenated alkanes) is 2. The van der Waals surface area contributed by atoms with Gasteiger partial charge in [0.05, 0.1) is 5.97 Å². The molecule has 0 aromatic rings. The summed E-state index contributed by atoms with van der Waals surface area (Å²) in [7, 11) is 3.42. The minimum Gasteiger partial charge on any atom is -0.550 e. The molecule has 0 aromatic heterocycles. The van der Waals surface area contributed by atoms with Crippen LogP contribution in [0, 0.1) is 11.8 Å². The van der Waals surface area contributed by atoms with E-state index in [4.69, 9.17) is 19.8 Å². The predicted octanol–water partition coefficient (Wildman–Crippen LogP) is 4.16. The van der Waals surface area contributed by atoms with Crippen molar-refractivity contribution in [1.82, 2.24) is 10.6 Å². The number of carboxylic acid groups (broad SMARTS) is 2. The molecular formula is C29H58N2O6-2. The average molecular weight is 531 g/mol. The largest absolute Gasteiger partial charge is 0.550 e. The van der Waals surface area contributed by atoms with Gasteiger partial charge in [-0.2, -0.15) is 0 Å². The first-order valence-electron chi connectivity index (χ1n) is 13.0. The molecule has 1 fully saturated rings. The first kappa shape index (κ1) is 44.6. The lowest BCUT2D eigenvalue weighted by molar-refractivity contribution is -0.302. The maximum Gasteiger partial charge on any atom is 0.219 e. The van der Waals surface area contributed by atoms with Crippen molar-refractivity contribution >= 4 is 23.8 Å². The highest BCUT2D eigenvalue weighted by molar-refractivity contribution is 5.76. The monoisotopic (exact) mass is 530 g/mol. The fourth-order valence-electron chi connectivity index (χ4n) is 3.64. The molecule has 0 bridgehead atoms. The first-order valence-corrected chi connectivity index (χ1v) is 13.0. The lowest BCUT2D eigenvalue weighted by Gasteiger charge is -2.15. The number of hydrogen-bond acceptors (Lipinski definition) is 6. The quantitative estimate of drug-likeness (QED) is 0.343. The van der Waals surface area contributed by atoms with Crippen LogP contribution in [0.1, 0.15) is 126 Å². The Bertz CT molecular complexity index is 549. The normalized spacial score (nSPS) is 11.4. The van der Waals surface area contributed by atoms with E-state index >= 15 is 0 Å². The molecule has 2 amide bonds. The van der Waals surface area contributed by atoms with Crippen LogP contribution < -0.4 is 20.8 Å². The van der Waals surface area contributed by atoms with Gasteiger partial charge >= 0.3 is 0 Å². The second kappa shape index (κ2) is 33.6. The highest BCUT2D eigenvalue weighted by Crippen LogP contribution is 2.28. The minimum atomic E-state index is -1.23. The van der Waals surface area contributed by atoms with Crippen molar-refractivity contribution in [3.05, 3.63) is 12.7 Å². The molecule has 1 aliphatic carbocycles. The predicted molar refractivity (Wildman–Crippen MR) is 150 cm³/mol. The Balaban J connectivity index is -0.000000136. The zero-order valence-electron chi connectivity index (χ0n) is 22.8. The van der Waals surface area contributed by atoms with Crippen LogP contribution in [0.25, 0.3) is 0 Å². The molecule has 0 heterocycles. The minimum absolute atomic E-state index is 0. The van der Waals surface area contributed by atoms with E-state index in [1.54, 1.807) is 14.1 Å². The number of aliphatic carboxylic acids is 2. The summed E-state index contributed by atoms with van der Waals surface area (Å²) >= 11 is 0. The van der Waals surface area contributed by atoms with E-state index in [-0.39, 0.29) is 26.7 Å². The Morgan fingerprint density at radius 3 is 1.57 bits per heavy atom. The van der Waals surface area contributed by atoms with E-state index in [1.807, 2.05) is 0 Å². The molecule has 0 aromatic carbocycles. The third-order valence-corrected chi connectivity index (χ3v) is 5.69. The molecule has 222 valence electrons. The molecule has 0 radical (unpaired) electrons. The van der Waals surface area contributed by atoms with Gasteiger partial charge in [-0.3, -0.25) is 9.59 Å². The summed E-state index contributed by atoms with van der Waals surface area (Å²) in [4.78, 5) is 40.0.